The molecular formula is C7H11NO. The lowest BCUT2D eigenvalue weighted by Crippen LogP contribution is -2.04. The van der Waals surface area contributed by atoms with Crippen molar-refractivity contribution in [1.29, 1.82) is 0 Å². The van der Waals surface area contributed by atoms with E-state index in [1.165, 1.54) is 0 Å². The van der Waals surface area contributed by atoms with E-state index >= 15 is 0 Å². The number of allylic oxidation sites excluding steroid dienone is 1. The highest BCUT2D eigenvalue weighted by atomic mass is 16.5. The third-order valence-electron chi connectivity index (χ3n) is 1.39. The molecule has 0 aromatic carbocycles. The second-order valence-electron chi connectivity index (χ2n) is 1.90. The Morgan fingerprint density at radius 2 is 2.56 bits per heavy atom. The van der Waals surface area contributed by atoms with Gasteiger partial charge in [-0.25, -0.2) is 0 Å². The maximum absolute atomic E-state index is 5.20. The quantitative estimate of drug-likeness (QED) is 0.595. The summed E-state index contributed by atoms with van der Waals surface area (Å²) in [4.78, 5) is 0. The Hall–Kier alpha value is -0.920. The Labute approximate surface area is 55.2 Å². The Kier molecular flexibility index (Phi) is 1.78. The fraction of sp³-hybridized carbons (Fsp3) is 0.429. The Morgan fingerprint density at radius 3 is 3.00 bits per heavy atom. The minimum atomic E-state index is 0.789. The lowest BCUT2D eigenvalue weighted by Gasteiger charge is -1.97. The molecule has 0 aromatic heterocycles. The van der Waals surface area contributed by atoms with E-state index in [1.54, 1.807) is 6.08 Å². The lowest BCUT2D eigenvalue weighted by atomic mass is 10.3. The van der Waals surface area contributed by atoms with Crippen molar-refractivity contribution in [3.05, 3.63) is 24.1 Å². The summed E-state index contributed by atoms with van der Waals surface area (Å²) < 4.78 is 5.20. The van der Waals surface area contributed by atoms with Crippen molar-refractivity contribution in [3.8, 4) is 0 Å². The van der Waals surface area contributed by atoms with Gasteiger partial charge in [-0.05, 0) is 6.08 Å². The van der Waals surface area contributed by atoms with Gasteiger partial charge >= 0.3 is 0 Å². The number of hydrogen-bond acceptors (Lipinski definition) is 2. The molecule has 2 nitrogen and oxygen atoms in total. The van der Waals surface area contributed by atoms with Crippen molar-refractivity contribution >= 4 is 0 Å². The van der Waals surface area contributed by atoms with Crippen molar-refractivity contribution in [1.82, 2.24) is 5.32 Å². The first-order valence-corrected chi connectivity index (χ1v) is 3.04. The molecule has 1 N–H and O–H groups in total. The van der Waals surface area contributed by atoms with Gasteiger partial charge in [0.25, 0.3) is 0 Å². The molecule has 1 rings (SSSR count). The maximum atomic E-state index is 5.20. The van der Waals surface area contributed by atoms with Crippen LogP contribution in [0, 0.1) is 0 Å². The molecule has 0 saturated heterocycles. The summed E-state index contributed by atoms with van der Waals surface area (Å²) in [6.45, 7) is 4.41. The van der Waals surface area contributed by atoms with Gasteiger partial charge in [0.05, 0.1) is 12.3 Å². The number of hydrogen-bond donors (Lipinski definition) is 1. The Bertz CT molecular complexity index is 149. The topological polar surface area (TPSA) is 21.3 Å². The highest BCUT2D eigenvalue weighted by molar-refractivity contribution is 5.19. The monoisotopic (exact) mass is 125 g/mol. The SMILES string of the molecule is C=CC1=C(NC)CCO1. The highest BCUT2D eigenvalue weighted by Gasteiger charge is 2.10. The molecule has 0 aromatic rings. The van der Waals surface area contributed by atoms with E-state index in [9.17, 15) is 0 Å². The van der Waals surface area contributed by atoms with Crippen LogP contribution in [0.1, 0.15) is 6.42 Å². The van der Waals surface area contributed by atoms with Gasteiger partial charge in [-0.15, -0.1) is 0 Å². The first-order chi connectivity index (χ1) is 4.38. The Morgan fingerprint density at radius 1 is 1.78 bits per heavy atom. The summed E-state index contributed by atoms with van der Waals surface area (Å²) >= 11 is 0. The minimum Gasteiger partial charge on any atom is -0.491 e. The molecule has 0 saturated carbocycles. The van der Waals surface area contributed by atoms with E-state index < -0.39 is 0 Å². The zero-order chi connectivity index (χ0) is 6.69. The third kappa shape index (κ3) is 1.07. The molecule has 1 heterocycles. The van der Waals surface area contributed by atoms with E-state index in [2.05, 4.69) is 11.9 Å². The molecule has 50 valence electrons. The van der Waals surface area contributed by atoms with Gasteiger partial charge in [-0.2, -0.15) is 0 Å². The van der Waals surface area contributed by atoms with Crippen LogP contribution in [0.2, 0.25) is 0 Å². The van der Waals surface area contributed by atoms with Crippen molar-refractivity contribution in [3.63, 3.8) is 0 Å². The van der Waals surface area contributed by atoms with Crippen LogP contribution in [0.15, 0.2) is 24.1 Å². The summed E-state index contributed by atoms with van der Waals surface area (Å²) in [5.41, 5.74) is 1.16. The number of nitrogens with one attached hydrogen (secondary N) is 1. The van der Waals surface area contributed by atoms with Crippen LogP contribution >= 0.6 is 0 Å². The standard InChI is InChI=1S/C7H11NO/c1-3-7-6(8-2)4-5-9-7/h3,8H,1,4-5H2,2H3. The molecule has 2 heteroatoms. The molecule has 0 aliphatic carbocycles. The molecule has 0 atom stereocenters. The molecule has 1 aliphatic rings. The van der Waals surface area contributed by atoms with Gasteiger partial charge in [0.2, 0.25) is 0 Å². The first kappa shape index (κ1) is 6.20. The Balaban J connectivity index is 2.69. The second-order valence-corrected chi connectivity index (χ2v) is 1.90. The molecule has 0 bridgehead atoms. The molecule has 1 aliphatic heterocycles. The fourth-order valence-corrected chi connectivity index (χ4v) is 0.904. The summed E-state index contributed by atoms with van der Waals surface area (Å²) in [6, 6.07) is 0. The summed E-state index contributed by atoms with van der Waals surface area (Å²) in [7, 11) is 1.90. The summed E-state index contributed by atoms with van der Waals surface area (Å²) in [6.07, 6.45) is 2.72. The van der Waals surface area contributed by atoms with Gasteiger partial charge < -0.3 is 10.1 Å². The van der Waals surface area contributed by atoms with Gasteiger partial charge in [0.1, 0.15) is 5.76 Å². The lowest BCUT2D eigenvalue weighted by molar-refractivity contribution is 0.257. The van der Waals surface area contributed by atoms with Gasteiger partial charge in [-0.1, -0.05) is 6.58 Å². The van der Waals surface area contributed by atoms with Gasteiger partial charge in [-0.3, -0.25) is 0 Å². The molecule has 0 radical (unpaired) electrons. The zero-order valence-electron chi connectivity index (χ0n) is 5.61. The molecule has 9 heavy (non-hydrogen) atoms. The van der Waals surface area contributed by atoms with E-state index in [1.807, 2.05) is 7.05 Å². The van der Waals surface area contributed by atoms with E-state index in [0.717, 1.165) is 24.5 Å². The van der Waals surface area contributed by atoms with Crippen molar-refractivity contribution in [2.45, 2.75) is 6.42 Å². The third-order valence-corrected chi connectivity index (χ3v) is 1.39. The molecule has 0 amide bonds. The smallest absolute Gasteiger partial charge is 0.137 e. The maximum Gasteiger partial charge on any atom is 0.137 e. The van der Waals surface area contributed by atoms with E-state index in [0.29, 0.717) is 0 Å². The predicted octanol–water partition coefficient (Wildman–Crippen LogP) is 1.02. The van der Waals surface area contributed by atoms with Crippen LogP contribution in [-0.4, -0.2) is 13.7 Å². The van der Waals surface area contributed by atoms with Crippen LogP contribution in [-0.2, 0) is 4.74 Å². The minimum absolute atomic E-state index is 0.789. The van der Waals surface area contributed by atoms with Crippen LogP contribution in [0.4, 0.5) is 0 Å². The number of rotatable bonds is 2. The number of ether oxygens (including phenoxy) is 1. The summed E-state index contributed by atoms with van der Waals surface area (Å²) in [5, 5.41) is 3.05. The zero-order valence-corrected chi connectivity index (χ0v) is 5.61. The summed E-state index contributed by atoms with van der Waals surface area (Å²) in [5.74, 6) is 0.900. The highest BCUT2D eigenvalue weighted by Crippen LogP contribution is 2.15. The van der Waals surface area contributed by atoms with Crippen LogP contribution in [0.25, 0.3) is 0 Å². The van der Waals surface area contributed by atoms with Crippen LogP contribution in [0.5, 0.6) is 0 Å². The molecular weight excluding hydrogens is 114 g/mol. The van der Waals surface area contributed by atoms with E-state index in [-0.39, 0.29) is 0 Å². The molecule has 0 spiro atoms. The van der Waals surface area contributed by atoms with Crippen molar-refractivity contribution in [2.75, 3.05) is 13.7 Å². The average molecular weight is 125 g/mol. The van der Waals surface area contributed by atoms with Crippen LogP contribution < -0.4 is 5.32 Å². The predicted molar refractivity (Wildman–Crippen MR) is 36.9 cm³/mol. The van der Waals surface area contributed by atoms with Crippen LogP contribution in [0.3, 0.4) is 0 Å². The largest absolute Gasteiger partial charge is 0.491 e. The van der Waals surface area contributed by atoms with Gasteiger partial charge in [0, 0.05) is 13.5 Å². The van der Waals surface area contributed by atoms with E-state index in [4.69, 9.17) is 4.74 Å². The molecule has 0 unspecified atom stereocenters. The normalized spacial score (nSPS) is 17.4. The fourth-order valence-electron chi connectivity index (χ4n) is 0.904. The molecule has 0 fully saturated rings. The first-order valence-electron chi connectivity index (χ1n) is 3.04. The van der Waals surface area contributed by atoms with Gasteiger partial charge in [0.15, 0.2) is 0 Å². The van der Waals surface area contributed by atoms with Crippen molar-refractivity contribution in [2.24, 2.45) is 0 Å². The average Bonchev–Trinajstić information content (AvgIpc) is 2.33. The van der Waals surface area contributed by atoms with Crippen molar-refractivity contribution < 1.29 is 4.74 Å². The second kappa shape index (κ2) is 2.58.